The first-order chi connectivity index (χ1) is 11.6. The molecule has 2 heterocycles. The molecule has 2 aromatic rings. The van der Waals surface area contributed by atoms with Gasteiger partial charge in [0.25, 0.3) is 5.91 Å². The molecule has 1 amide bonds. The molecule has 0 fully saturated rings. The van der Waals surface area contributed by atoms with Gasteiger partial charge < -0.3 is 9.64 Å². The topological polar surface area (TPSA) is 78.2 Å². The van der Waals surface area contributed by atoms with Gasteiger partial charge in [-0.2, -0.15) is 5.26 Å². The van der Waals surface area contributed by atoms with Gasteiger partial charge in [0.1, 0.15) is 11.8 Å². The number of rotatable bonds is 4. The van der Waals surface area contributed by atoms with Gasteiger partial charge in [0, 0.05) is 24.4 Å². The highest BCUT2D eigenvalue weighted by Gasteiger charge is 2.21. The number of amides is 1. The summed E-state index contributed by atoms with van der Waals surface area (Å²) < 4.78 is 5.62. The summed E-state index contributed by atoms with van der Waals surface area (Å²) in [5.41, 5.74) is 1.47. The number of nitrogens with one attached hydrogen (secondary N) is 1. The van der Waals surface area contributed by atoms with Crippen molar-refractivity contribution in [2.45, 2.75) is 26.0 Å². The van der Waals surface area contributed by atoms with Gasteiger partial charge in [0.15, 0.2) is 11.2 Å². The molecule has 7 heteroatoms. The Bertz CT molecular complexity index is 796. The molecular weight excluding hydrogens is 324 g/mol. The molecule has 0 spiro atoms. The number of carbonyl (C=O) groups is 1. The molecule has 1 aliphatic heterocycles. The smallest absolute Gasteiger partial charge is 0.266 e. The highest BCUT2D eigenvalue weighted by atomic mass is 32.1. The SMILES string of the molecule is C[C@H](Oc1ccccc1C#N)C(=O)Nc1nc2c(s1)CN(C)CC2. The highest BCUT2D eigenvalue weighted by Crippen LogP contribution is 2.28. The largest absolute Gasteiger partial charge is 0.480 e. The van der Waals surface area contributed by atoms with E-state index in [-0.39, 0.29) is 5.91 Å². The zero-order valence-electron chi connectivity index (χ0n) is 13.6. The van der Waals surface area contributed by atoms with Crippen LogP contribution in [0.3, 0.4) is 0 Å². The molecule has 0 saturated heterocycles. The van der Waals surface area contributed by atoms with Crippen LogP contribution in [0, 0.1) is 11.3 Å². The molecule has 0 bridgehead atoms. The van der Waals surface area contributed by atoms with E-state index in [1.165, 1.54) is 16.2 Å². The Hall–Kier alpha value is -2.43. The highest BCUT2D eigenvalue weighted by molar-refractivity contribution is 7.15. The van der Waals surface area contributed by atoms with Gasteiger partial charge >= 0.3 is 0 Å². The van der Waals surface area contributed by atoms with Gasteiger partial charge in [0.2, 0.25) is 0 Å². The molecule has 6 nitrogen and oxygen atoms in total. The summed E-state index contributed by atoms with van der Waals surface area (Å²) in [4.78, 5) is 20.3. The normalized spacial score (nSPS) is 15.2. The molecule has 0 unspecified atom stereocenters. The maximum absolute atomic E-state index is 12.3. The minimum Gasteiger partial charge on any atom is -0.480 e. The van der Waals surface area contributed by atoms with Gasteiger partial charge in [-0.15, -0.1) is 11.3 Å². The number of fused-ring (bicyclic) bond motifs is 1. The molecule has 1 aromatic heterocycles. The van der Waals surface area contributed by atoms with Crippen molar-refractivity contribution in [2.24, 2.45) is 0 Å². The maximum Gasteiger partial charge on any atom is 0.266 e. The van der Waals surface area contributed by atoms with Crippen LogP contribution in [-0.2, 0) is 17.8 Å². The van der Waals surface area contributed by atoms with Crippen LogP contribution in [0.15, 0.2) is 24.3 Å². The van der Waals surface area contributed by atoms with E-state index < -0.39 is 6.10 Å². The third-order valence-corrected chi connectivity index (χ3v) is 4.83. The molecule has 0 saturated carbocycles. The van der Waals surface area contributed by atoms with E-state index in [4.69, 9.17) is 10.00 Å². The number of carbonyl (C=O) groups excluding carboxylic acids is 1. The Morgan fingerprint density at radius 2 is 2.29 bits per heavy atom. The van der Waals surface area contributed by atoms with Gasteiger partial charge in [-0.25, -0.2) is 4.98 Å². The van der Waals surface area contributed by atoms with E-state index in [0.717, 1.165) is 25.2 Å². The number of benzene rings is 1. The molecule has 1 atom stereocenters. The molecule has 0 radical (unpaired) electrons. The molecule has 24 heavy (non-hydrogen) atoms. The Kier molecular flexibility index (Phi) is 4.79. The fourth-order valence-corrected chi connectivity index (χ4v) is 3.58. The zero-order valence-corrected chi connectivity index (χ0v) is 14.4. The average molecular weight is 342 g/mol. The lowest BCUT2D eigenvalue weighted by molar-refractivity contribution is -0.122. The standard InChI is InChI=1S/C17H18N4O2S/c1-11(23-14-6-4-3-5-12(14)9-18)16(22)20-17-19-13-7-8-21(2)10-15(13)24-17/h3-6,11H,7-8,10H2,1-2H3,(H,19,20,22)/t11-/m0/s1. The second-order valence-electron chi connectivity index (χ2n) is 5.73. The number of nitrogens with zero attached hydrogens (tertiary/aromatic N) is 3. The van der Waals surface area contributed by atoms with Gasteiger partial charge in [-0.05, 0) is 26.1 Å². The van der Waals surface area contributed by atoms with E-state index in [1.54, 1.807) is 31.2 Å². The first-order valence-electron chi connectivity index (χ1n) is 7.70. The summed E-state index contributed by atoms with van der Waals surface area (Å²) in [7, 11) is 2.07. The van der Waals surface area contributed by atoms with Crippen LogP contribution in [0.4, 0.5) is 5.13 Å². The summed E-state index contributed by atoms with van der Waals surface area (Å²) in [6.07, 6.45) is 0.183. The van der Waals surface area contributed by atoms with Gasteiger partial charge in [-0.1, -0.05) is 12.1 Å². The van der Waals surface area contributed by atoms with E-state index >= 15 is 0 Å². The van der Waals surface area contributed by atoms with E-state index in [1.807, 2.05) is 0 Å². The van der Waals surface area contributed by atoms with Crippen molar-refractivity contribution in [3.8, 4) is 11.8 Å². The maximum atomic E-state index is 12.3. The fraction of sp³-hybridized carbons (Fsp3) is 0.353. The molecule has 3 rings (SSSR count). The van der Waals surface area contributed by atoms with Crippen molar-refractivity contribution >= 4 is 22.4 Å². The third kappa shape index (κ3) is 3.55. The number of anilines is 1. The molecule has 0 aliphatic carbocycles. The predicted octanol–water partition coefficient (Wildman–Crippen LogP) is 2.41. The van der Waals surface area contributed by atoms with E-state index in [9.17, 15) is 4.79 Å². The second-order valence-corrected chi connectivity index (χ2v) is 6.82. The number of aromatic nitrogens is 1. The van der Waals surface area contributed by atoms with Crippen LogP contribution >= 0.6 is 11.3 Å². The first-order valence-corrected chi connectivity index (χ1v) is 8.52. The summed E-state index contributed by atoms with van der Waals surface area (Å²) in [5.74, 6) is 0.130. The number of hydrogen-bond donors (Lipinski definition) is 1. The quantitative estimate of drug-likeness (QED) is 0.923. The first kappa shape index (κ1) is 16.4. The second kappa shape index (κ2) is 6.99. The monoisotopic (exact) mass is 342 g/mol. The Labute approximate surface area is 144 Å². The van der Waals surface area contributed by atoms with Crippen LogP contribution in [0.2, 0.25) is 0 Å². The van der Waals surface area contributed by atoms with E-state index in [2.05, 4.69) is 28.3 Å². The van der Waals surface area contributed by atoms with Crippen molar-refractivity contribution in [1.29, 1.82) is 5.26 Å². The van der Waals surface area contributed by atoms with Crippen molar-refractivity contribution in [2.75, 3.05) is 18.9 Å². The number of hydrogen-bond acceptors (Lipinski definition) is 6. The Morgan fingerprint density at radius 1 is 1.50 bits per heavy atom. The molecule has 1 aromatic carbocycles. The van der Waals surface area contributed by atoms with Crippen molar-refractivity contribution in [1.82, 2.24) is 9.88 Å². The van der Waals surface area contributed by atoms with Gasteiger partial charge in [-0.3, -0.25) is 10.1 Å². The third-order valence-electron chi connectivity index (χ3n) is 3.83. The number of nitriles is 1. The van der Waals surface area contributed by atoms with Crippen LogP contribution in [-0.4, -0.2) is 35.5 Å². The van der Waals surface area contributed by atoms with Crippen molar-refractivity contribution in [3.63, 3.8) is 0 Å². The number of thiazole rings is 1. The Balaban J connectivity index is 1.66. The lowest BCUT2D eigenvalue weighted by Crippen LogP contribution is -2.30. The number of likely N-dealkylation sites (N-methyl/N-ethyl adjacent to an activating group) is 1. The van der Waals surface area contributed by atoms with Crippen molar-refractivity contribution < 1.29 is 9.53 Å². The minimum atomic E-state index is -0.719. The summed E-state index contributed by atoms with van der Waals surface area (Å²) in [6.45, 7) is 3.50. The molecule has 1 aliphatic rings. The summed E-state index contributed by atoms with van der Waals surface area (Å²) in [6, 6.07) is 8.92. The van der Waals surface area contributed by atoms with Gasteiger partial charge in [0.05, 0.1) is 11.3 Å². The van der Waals surface area contributed by atoms with Crippen LogP contribution in [0.5, 0.6) is 5.75 Å². The van der Waals surface area contributed by atoms with Crippen LogP contribution < -0.4 is 10.1 Å². The number of ether oxygens (including phenoxy) is 1. The predicted molar refractivity (Wildman–Crippen MR) is 92.0 cm³/mol. The fourth-order valence-electron chi connectivity index (χ4n) is 2.49. The Morgan fingerprint density at radius 3 is 3.08 bits per heavy atom. The molecule has 124 valence electrons. The lowest BCUT2D eigenvalue weighted by Gasteiger charge is -2.20. The van der Waals surface area contributed by atoms with Crippen LogP contribution in [0.25, 0.3) is 0 Å². The average Bonchev–Trinajstić information content (AvgIpc) is 2.96. The van der Waals surface area contributed by atoms with Crippen molar-refractivity contribution in [3.05, 3.63) is 40.4 Å². The molecular formula is C17H18N4O2S. The zero-order chi connectivity index (χ0) is 17.1. The minimum absolute atomic E-state index is 0.276. The molecule has 1 N–H and O–H groups in total. The summed E-state index contributed by atoms with van der Waals surface area (Å²) in [5, 5.41) is 12.5. The number of para-hydroxylation sites is 1. The van der Waals surface area contributed by atoms with E-state index in [0.29, 0.717) is 16.4 Å². The van der Waals surface area contributed by atoms with Crippen LogP contribution in [0.1, 0.15) is 23.1 Å². The summed E-state index contributed by atoms with van der Waals surface area (Å²) >= 11 is 1.51. The lowest BCUT2D eigenvalue weighted by atomic mass is 10.2.